The highest BCUT2D eigenvalue weighted by Crippen LogP contribution is 2.39. The molecule has 0 atom stereocenters. The number of anilines is 1. The molecule has 0 radical (unpaired) electrons. The largest absolute Gasteiger partial charge is 0.343 e. The number of carbonyl (C=O) groups excluding carboxylic acids is 2. The quantitative estimate of drug-likeness (QED) is 0.477. The number of ketones is 1. The lowest BCUT2D eigenvalue weighted by Crippen LogP contribution is -2.12. The predicted octanol–water partition coefficient (Wildman–Crippen LogP) is 4.48. The summed E-state index contributed by atoms with van der Waals surface area (Å²) in [4.78, 5) is 40.8. The standard InChI is InChI=1S/C21H19N5O2S/c1-3-16(27)14-6-10(2)13(8-22-14)12-7-15-19(18-17(12)23-9-24-18)29-21(25-15)26-20(28)11-4-5-11/h6-9,11H,3-5H2,1-2H3,(H,23,24)(H,25,26,28). The van der Waals surface area contributed by atoms with Gasteiger partial charge in [0.15, 0.2) is 10.9 Å². The molecular weight excluding hydrogens is 386 g/mol. The lowest BCUT2D eigenvalue weighted by molar-refractivity contribution is -0.117. The molecular formula is C21H19N5O2S. The molecule has 3 heterocycles. The van der Waals surface area contributed by atoms with Gasteiger partial charge in [-0.2, -0.15) is 0 Å². The van der Waals surface area contributed by atoms with Crippen molar-refractivity contribution in [1.29, 1.82) is 0 Å². The maximum atomic E-state index is 12.1. The van der Waals surface area contributed by atoms with E-state index in [0.717, 1.165) is 50.8 Å². The molecule has 29 heavy (non-hydrogen) atoms. The zero-order chi connectivity index (χ0) is 20.1. The van der Waals surface area contributed by atoms with E-state index >= 15 is 0 Å². The molecule has 0 spiro atoms. The number of H-pyrrole nitrogens is 1. The Bertz CT molecular complexity index is 1290. The Morgan fingerprint density at radius 3 is 2.79 bits per heavy atom. The van der Waals surface area contributed by atoms with Crippen LogP contribution in [0.1, 0.15) is 42.2 Å². The monoisotopic (exact) mass is 405 g/mol. The number of pyridine rings is 1. The molecule has 5 rings (SSSR count). The first kappa shape index (κ1) is 17.9. The summed E-state index contributed by atoms with van der Waals surface area (Å²) in [6, 6.07) is 3.80. The van der Waals surface area contributed by atoms with Crippen molar-refractivity contribution >= 4 is 49.4 Å². The van der Waals surface area contributed by atoms with Crippen LogP contribution in [0.3, 0.4) is 0 Å². The Morgan fingerprint density at radius 1 is 1.24 bits per heavy atom. The van der Waals surface area contributed by atoms with Gasteiger partial charge >= 0.3 is 0 Å². The van der Waals surface area contributed by atoms with Crippen molar-refractivity contribution < 1.29 is 9.59 Å². The first-order chi connectivity index (χ1) is 14.0. The minimum absolute atomic E-state index is 0.0237. The summed E-state index contributed by atoms with van der Waals surface area (Å²) in [5.41, 5.74) is 5.74. The molecule has 1 aromatic carbocycles. The number of amides is 1. The number of benzene rings is 1. The maximum Gasteiger partial charge on any atom is 0.229 e. The van der Waals surface area contributed by atoms with Crippen molar-refractivity contribution in [3.63, 3.8) is 0 Å². The number of aromatic nitrogens is 4. The summed E-state index contributed by atoms with van der Waals surface area (Å²) in [5, 5.41) is 3.53. The summed E-state index contributed by atoms with van der Waals surface area (Å²) in [6.45, 7) is 3.80. The average molecular weight is 405 g/mol. The number of aromatic amines is 1. The van der Waals surface area contributed by atoms with E-state index in [-0.39, 0.29) is 17.6 Å². The minimum Gasteiger partial charge on any atom is -0.343 e. The van der Waals surface area contributed by atoms with Crippen molar-refractivity contribution in [1.82, 2.24) is 19.9 Å². The first-order valence-corrected chi connectivity index (χ1v) is 10.4. The summed E-state index contributed by atoms with van der Waals surface area (Å²) in [6.07, 6.45) is 5.72. The molecule has 146 valence electrons. The third kappa shape index (κ3) is 3.09. The Morgan fingerprint density at radius 2 is 2.07 bits per heavy atom. The van der Waals surface area contributed by atoms with Crippen LogP contribution in [-0.2, 0) is 4.79 Å². The zero-order valence-corrected chi connectivity index (χ0v) is 16.9. The van der Waals surface area contributed by atoms with E-state index in [4.69, 9.17) is 0 Å². The molecule has 1 saturated carbocycles. The highest BCUT2D eigenvalue weighted by atomic mass is 32.1. The maximum absolute atomic E-state index is 12.1. The summed E-state index contributed by atoms with van der Waals surface area (Å²) in [5.74, 6) is 0.194. The van der Waals surface area contributed by atoms with Gasteiger partial charge in [0.25, 0.3) is 0 Å². The fourth-order valence-electron chi connectivity index (χ4n) is 3.47. The molecule has 1 fully saturated rings. The van der Waals surface area contributed by atoms with Crippen LogP contribution < -0.4 is 5.32 Å². The summed E-state index contributed by atoms with van der Waals surface area (Å²) in [7, 11) is 0. The molecule has 4 aromatic rings. The number of rotatable bonds is 5. The second-order valence-electron chi connectivity index (χ2n) is 7.34. The molecule has 2 N–H and O–H groups in total. The molecule has 0 bridgehead atoms. The number of fused-ring (bicyclic) bond motifs is 3. The van der Waals surface area contributed by atoms with Crippen LogP contribution in [0.25, 0.3) is 32.4 Å². The van der Waals surface area contributed by atoms with Gasteiger partial charge in [0.1, 0.15) is 5.69 Å². The van der Waals surface area contributed by atoms with Gasteiger partial charge in [0, 0.05) is 29.7 Å². The van der Waals surface area contributed by atoms with Crippen molar-refractivity contribution in [2.24, 2.45) is 5.92 Å². The molecule has 1 amide bonds. The van der Waals surface area contributed by atoms with E-state index in [1.165, 1.54) is 11.3 Å². The normalized spacial score (nSPS) is 13.9. The lowest BCUT2D eigenvalue weighted by Gasteiger charge is -2.08. The number of nitrogens with zero attached hydrogens (tertiary/aromatic N) is 3. The number of imidazole rings is 1. The number of hydrogen-bond acceptors (Lipinski definition) is 6. The van der Waals surface area contributed by atoms with Crippen LogP contribution in [0.2, 0.25) is 0 Å². The topological polar surface area (TPSA) is 101 Å². The van der Waals surface area contributed by atoms with Gasteiger partial charge in [-0.1, -0.05) is 18.3 Å². The Hall–Kier alpha value is -3.13. The van der Waals surface area contributed by atoms with Crippen molar-refractivity contribution in [2.75, 3.05) is 5.32 Å². The van der Waals surface area contributed by atoms with E-state index in [2.05, 4.69) is 25.3 Å². The van der Waals surface area contributed by atoms with E-state index < -0.39 is 0 Å². The number of carbonyl (C=O) groups is 2. The van der Waals surface area contributed by atoms with E-state index in [0.29, 0.717) is 17.2 Å². The predicted molar refractivity (Wildman–Crippen MR) is 113 cm³/mol. The Kier molecular flexibility index (Phi) is 4.16. The van der Waals surface area contributed by atoms with Gasteiger partial charge in [-0.15, -0.1) is 0 Å². The third-order valence-electron chi connectivity index (χ3n) is 5.24. The Balaban J connectivity index is 1.62. The third-order valence-corrected chi connectivity index (χ3v) is 6.25. The van der Waals surface area contributed by atoms with Gasteiger partial charge in [-0.05, 0) is 37.5 Å². The van der Waals surface area contributed by atoms with Crippen LogP contribution >= 0.6 is 11.3 Å². The summed E-state index contributed by atoms with van der Waals surface area (Å²) >= 11 is 1.45. The van der Waals surface area contributed by atoms with E-state index in [1.807, 2.05) is 26.0 Å². The highest BCUT2D eigenvalue weighted by Gasteiger charge is 2.30. The summed E-state index contributed by atoms with van der Waals surface area (Å²) < 4.78 is 0.954. The number of aryl methyl sites for hydroxylation is 1. The minimum atomic E-state index is 0.0237. The van der Waals surface area contributed by atoms with E-state index in [1.54, 1.807) is 12.5 Å². The molecule has 1 aliphatic rings. The molecule has 0 saturated heterocycles. The van der Waals surface area contributed by atoms with Crippen molar-refractivity contribution in [3.8, 4) is 11.1 Å². The molecule has 8 heteroatoms. The van der Waals surface area contributed by atoms with Gasteiger partial charge in [0.05, 0.1) is 27.6 Å². The molecule has 1 aliphatic carbocycles. The number of hydrogen-bond donors (Lipinski definition) is 2. The number of Topliss-reactive ketones (excluding diaryl/α,β-unsaturated/α-hetero) is 1. The van der Waals surface area contributed by atoms with Gasteiger partial charge in [-0.3, -0.25) is 14.6 Å². The Labute approximate surface area is 170 Å². The molecule has 3 aromatic heterocycles. The average Bonchev–Trinajstić information content (AvgIpc) is 3.31. The molecule has 0 aliphatic heterocycles. The number of nitrogens with one attached hydrogen (secondary N) is 2. The number of thiazole rings is 1. The molecule has 0 unspecified atom stereocenters. The highest BCUT2D eigenvalue weighted by molar-refractivity contribution is 7.23. The fraction of sp³-hybridized carbons (Fsp3) is 0.286. The molecule has 7 nitrogen and oxygen atoms in total. The van der Waals surface area contributed by atoms with Gasteiger partial charge in [0.2, 0.25) is 5.91 Å². The van der Waals surface area contributed by atoms with Crippen LogP contribution in [0, 0.1) is 12.8 Å². The smallest absolute Gasteiger partial charge is 0.229 e. The fourth-order valence-corrected chi connectivity index (χ4v) is 4.42. The van der Waals surface area contributed by atoms with Crippen LogP contribution in [0.15, 0.2) is 24.7 Å². The van der Waals surface area contributed by atoms with Crippen LogP contribution in [0.4, 0.5) is 5.13 Å². The van der Waals surface area contributed by atoms with Gasteiger partial charge in [-0.25, -0.2) is 9.97 Å². The first-order valence-electron chi connectivity index (χ1n) is 9.63. The van der Waals surface area contributed by atoms with Crippen LogP contribution in [0.5, 0.6) is 0 Å². The lowest BCUT2D eigenvalue weighted by atomic mass is 9.99. The van der Waals surface area contributed by atoms with Crippen molar-refractivity contribution in [3.05, 3.63) is 35.9 Å². The van der Waals surface area contributed by atoms with Crippen molar-refractivity contribution in [2.45, 2.75) is 33.1 Å². The second kappa shape index (κ2) is 6.73. The SMILES string of the molecule is CCC(=O)c1cc(C)c(-c2cc3nc(NC(=O)C4CC4)sc3c3[nH]cnc23)cn1. The van der Waals surface area contributed by atoms with E-state index in [9.17, 15) is 9.59 Å². The van der Waals surface area contributed by atoms with Crippen LogP contribution in [-0.4, -0.2) is 31.6 Å². The second-order valence-corrected chi connectivity index (χ2v) is 8.34. The van der Waals surface area contributed by atoms with Gasteiger partial charge < -0.3 is 10.3 Å². The zero-order valence-electron chi connectivity index (χ0n) is 16.1.